The minimum absolute atomic E-state index is 0.468. The number of aromatic nitrogens is 2. The van der Waals surface area contributed by atoms with Crippen LogP contribution < -0.4 is 15.8 Å². The van der Waals surface area contributed by atoms with Crippen molar-refractivity contribution in [3.8, 4) is 5.88 Å². The van der Waals surface area contributed by atoms with Crippen LogP contribution in [-0.4, -0.2) is 23.1 Å². The number of nitrogens with two attached hydrogens (primary N) is 1. The molecule has 1 aromatic heterocycles. The summed E-state index contributed by atoms with van der Waals surface area (Å²) >= 11 is 0. The van der Waals surface area contributed by atoms with Crippen LogP contribution in [0.5, 0.6) is 5.88 Å². The highest BCUT2D eigenvalue weighted by Gasteiger charge is 2.07. The first-order valence-corrected chi connectivity index (χ1v) is 5.76. The first kappa shape index (κ1) is 12.5. The van der Waals surface area contributed by atoms with E-state index in [4.69, 9.17) is 10.5 Å². The monoisotopic (exact) mass is 224 g/mol. The first-order valence-electron chi connectivity index (χ1n) is 5.76. The van der Waals surface area contributed by atoms with Gasteiger partial charge < -0.3 is 15.8 Å². The molecular weight excluding hydrogens is 204 g/mol. The van der Waals surface area contributed by atoms with Gasteiger partial charge in [-0.1, -0.05) is 20.3 Å². The Morgan fingerprint density at radius 3 is 2.81 bits per heavy atom. The zero-order valence-electron chi connectivity index (χ0n) is 9.99. The lowest BCUT2D eigenvalue weighted by atomic mass is 10.3. The third kappa shape index (κ3) is 3.56. The van der Waals surface area contributed by atoms with Gasteiger partial charge >= 0.3 is 0 Å². The van der Waals surface area contributed by atoms with E-state index in [2.05, 4.69) is 22.2 Å². The largest absolute Gasteiger partial charge is 0.476 e. The van der Waals surface area contributed by atoms with Crippen molar-refractivity contribution in [1.82, 2.24) is 9.97 Å². The van der Waals surface area contributed by atoms with Crippen molar-refractivity contribution in [3.63, 3.8) is 0 Å². The minimum atomic E-state index is 0.468. The summed E-state index contributed by atoms with van der Waals surface area (Å²) < 4.78 is 5.42. The van der Waals surface area contributed by atoms with Gasteiger partial charge in [0.25, 0.3) is 0 Å². The Morgan fingerprint density at radius 1 is 1.31 bits per heavy atom. The molecule has 0 atom stereocenters. The van der Waals surface area contributed by atoms with Crippen LogP contribution in [0.15, 0.2) is 6.33 Å². The molecule has 16 heavy (non-hydrogen) atoms. The Bertz CT molecular complexity index is 317. The van der Waals surface area contributed by atoms with Crippen LogP contribution in [0.4, 0.5) is 11.5 Å². The zero-order valence-corrected chi connectivity index (χ0v) is 9.99. The van der Waals surface area contributed by atoms with Gasteiger partial charge in [0.1, 0.15) is 12.0 Å². The van der Waals surface area contributed by atoms with E-state index in [-0.39, 0.29) is 0 Å². The van der Waals surface area contributed by atoms with E-state index in [1.165, 1.54) is 6.33 Å². The van der Waals surface area contributed by atoms with Gasteiger partial charge in [0.05, 0.1) is 6.61 Å². The van der Waals surface area contributed by atoms with Gasteiger partial charge in [-0.2, -0.15) is 4.98 Å². The maximum Gasteiger partial charge on any atom is 0.242 e. The summed E-state index contributed by atoms with van der Waals surface area (Å²) in [6.45, 7) is 5.67. The van der Waals surface area contributed by atoms with Gasteiger partial charge in [-0.05, 0) is 12.8 Å². The normalized spacial score (nSPS) is 10.1. The molecule has 0 spiro atoms. The molecule has 1 rings (SSSR count). The van der Waals surface area contributed by atoms with Crippen LogP contribution in [0.25, 0.3) is 0 Å². The molecule has 0 fully saturated rings. The number of nitrogens with one attached hydrogen (secondary N) is 1. The Labute approximate surface area is 96.4 Å². The molecule has 5 heteroatoms. The molecule has 0 saturated heterocycles. The molecule has 1 heterocycles. The van der Waals surface area contributed by atoms with Gasteiger partial charge in [0, 0.05) is 6.54 Å². The number of hydrogen-bond acceptors (Lipinski definition) is 5. The first-order chi connectivity index (χ1) is 7.79. The van der Waals surface area contributed by atoms with Crippen molar-refractivity contribution in [1.29, 1.82) is 0 Å². The Morgan fingerprint density at radius 2 is 2.12 bits per heavy atom. The molecule has 0 aliphatic carbocycles. The summed E-state index contributed by atoms with van der Waals surface area (Å²) in [6, 6.07) is 0. The Hall–Kier alpha value is -1.52. The summed E-state index contributed by atoms with van der Waals surface area (Å²) in [6.07, 6.45) is 4.63. The van der Waals surface area contributed by atoms with E-state index in [0.29, 0.717) is 24.0 Å². The number of rotatable bonds is 7. The van der Waals surface area contributed by atoms with Crippen LogP contribution in [0.1, 0.15) is 33.1 Å². The smallest absolute Gasteiger partial charge is 0.242 e. The van der Waals surface area contributed by atoms with Crippen molar-refractivity contribution in [2.45, 2.75) is 33.1 Å². The van der Waals surface area contributed by atoms with Gasteiger partial charge in [0.2, 0.25) is 5.88 Å². The lowest BCUT2D eigenvalue weighted by Gasteiger charge is -2.10. The fraction of sp³-hybridized carbons (Fsp3) is 0.636. The van der Waals surface area contributed by atoms with E-state index in [1.807, 2.05) is 6.92 Å². The highest BCUT2D eigenvalue weighted by atomic mass is 16.5. The van der Waals surface area contributed by atoms with Gasteiger partial charge in [0.15, 0.2) is 5.82 Å². The molecule has 0 bridgehead atoms. The second-order valence-corrected chi connectivity index (χ2v) is 3.57. The second-order valence-electron chi connectivity index (χ2n) is 3.57. The van der Waals surface area contributed by atoms with Crippen molar-refractivity contribution in [2.24, 2.45) is 0 Å². The molecular formula is C11H20N4O. The predicted octanol–water partition coefficient (Wildman–Crippen LogP) is 2.06. The number of nitrogen functional groups attached to an aromatic ring is 1. The van der Waals surface area contributed by atoms with Gasteiger partial charge in [-0.15, -0.1) is 0 Å². The Kier molecular flexibility index (Phi) is 5.39. The van der Waals surface area contributed by atoms with Crippen molar-refractivity contribution in [3.05, 3.63) is 6.33 Å². The highest BCUT2D eigenvalue weighted by Crippen LogP contribution is 2.24. The maximum atomic E-state index is 5.89. The fourth-order valence-electron chi connectivity index (χ4n) is 1.22. The quantitative estimate of drug-likeness (QED) is 0.693. The van der Waals surface area contributed by atoms with E-state index in [0.717, 1.165) is 25.8 Å². The number of ether oxygens (including phenoxy) is 1. The van der Waals surface area contributed by atoms with Gasteiger partial charge in [-0.25, -0.2) is 4.98 Å². The topological polar surface area (TPSA) is 73.1 Å². The summed E-state index contributed by atoms with van der Waals surface area (Å²) in [4.78, 5) is 8.10. The van der Waals surface area contributed by atoms with Crippen LogP contribution in [0.2, 0.25) is 0 Å². The standard InChI is InChI=1S/C11H20N4O/c1-3-5-6-13-10-9(12)11(15-8-14-10)16-7-4-2/h8H,3-7,12H2,1-2H3,(H,13,14,15). The third-order valence-electron chi connectivity index (χ3n) is 2.11. The average molecular weight is 224 g/mol. The molecule has 1 aromatic rings. The second kappa shape index (κ2) is 6.87. The van der Waals surface area contributed by atoms with Crippen molar-refractivity contribution < 1.29 is 4.74 Å². The van der Waals surface area contributed by atoms with Crippen LogP contribution in [0.3, 0.4) is 0 Å². The molecule has 0 aliphatic rings. The molecule has 0 aliphatic heterocycles. The van der Waals surface area contributed by atoms with Crippen LogP contribution >= 0.6 is 0 Å². The van der Waals surface area contributed by atoms with E-state index in [9.17, 15) is 0 Å². The van der Waals surface area contributed by atoms with E-state index < -0.39 is 0 Å². The molecule has 0 aromatic carbocycles. The molecule has 0 radical (unpaired) electrons. The van der Waals surface area contributed by atoms with Crippen LogP contribution in [0, 0.1) is 0 Å². The lowest BCUT2D eigenvalue weighted by Crippen LogP contribution is -2.09. The highest BCUT2D eigenvalue weighted by molar-refractivity contribution is 5.66. The summed E-state index contributed by atoms with van der Waals surface area (Å²) in [5.74, 6) is 1.13. The SMILES string of the molecule is CCCCNc1ncnc(OCCC)c1N. The molecule has 0 saturated carbocycles. The molecule has 90 valence electrons. The Balaban J connectivity index is 2.62. The molecule has 0 unspecified atom stereocenters. The van der Waals surface area contributed by atoms with E-state index in [1.54, 1.807) is 0 Å². The zero-order chi connectivity index (χ0) is 11.8. The van der Waals surface area contributed by atoms with Crippen LogP contribution in [-0.2, 0) is 0 Å². The predicted molar refractivity (Wildman–Crippen MR) is 65.6 cm³/mol. The average Bonchev–Trinajstić information content (AvgIpc) is 2.30. The lowest BCUT2D eigenvalue weighted by molar-refractivity contribution is 0.306. The van der Waals surface area contributed by atoms with Crippen molar-refractivity contribution >= 4 is 11.5 Å². The van der Waals surface area contributed by atoms with E-state index >= 15 is 0 Å². The fourth-order valence-corrected chi connectivity index (χ4v) is 1.22. The number of nitrogens with zero attached hydrogens (tertiary/aromatic N) is 2. The minimum Gasteiger partial charge on any atom is -0.476 e. The summed E-state index contributed by atoms with van der Waals surface area (Å²) in [7, 11) is 0. The summed E-state index contributed by atoms with van der Waals surface area (Å²) in [5, 5.41) is 3.17. The number of anilines is 2. The molecule has 3 N–H and O–H groups in total. The molecule has 5 nitrogen and oxygen atoms in total. The van der Waals surface area contributed by atoms with Gasteiger partial charge in [-0.3, -0.25) is 0 Å². The molecule has 0 amide bonds. The number of unbranched alkanes of at least 4 members (excludes halogenated alkanes) is 1. The maximum absolute atomic E-state index is 5.89. The summed E-state index contributed by atoms with van der Waals surface area (Å²) in [5.41, 5.74) is 6.39. The number of hydrogen-bond donors (Lipinski definition) is 2. The third-order valence-corrected chi connectivity index (χ3v) is 2.11. The van der Waals surface area contributed by atoms with Crippen molar-refractivity contribution in [2.75, 3.05) is 24.2 Å².